The number of hydrogen-bond acceptors (Lipinski definition) is 2. The Labute approximate surface area is 123 Å². The van der Waals surface area contributed by atoms with E-state index in [1.54, 1.807) is 0 Å². The van der Waals surface area contributed by atoms with Crippen molar-refractivity contribution < 1.29 is 0 Å². The van der Waals surface area contributed by atoms with Crippen molar-refractivity contribution in [1.82, 2.24) is 4.90 Å². The Bertz CT molecular complexity index is 411. The fourth-order valence-corrected chi connectivity index (χ4v) is 3.50. The van der Waals surface area contributed by atoms with E-state index in [0.717, 1.165) is 22.6 Å². The quantitative estimate of drug-likeness (QED) is 0.775. The molecule has 1 aliphatic rings. The predicted molar refractivity (Wildman–Crippen MR) is 83.0 cm³/mol. The Morgan fingerprint density at radius 2 is 2.28 bits per heavy atom. The lowest BCUT2D eigenvalue weighted by Crippen LogP contribution is -2.37. The van der Waals surface area contributed by atoms with Crippen molar-refractivity contribution in [3.8, 4) is 0 Å². The van der Waals surface area contributed by atoms with Gasteiger partial charge in [-0.3, -0.25) is 0 Å². The van der Waals surface area contributed by atoms with Gasteiger partial charge in [-0.25, -0.2) is 0 Å². The highest BCUT2D eigenvalue weighted by molar-refractivity contribution is 9.08. The lowest BCUT2D eigenvalue weighted by molar-refractivity contribution is 0.314. The van der Waals surface area contributed by atoms with Crippen LogP contribution in [-0.2, 0) is 5.33 Å². The lowest BCUT2D eigenvalue weighted by atomic mass is 10.1. The molecular formula is C14H20BrClN2. The summed E-state index contributed by atoms with van der Waals surface area (Å²) >= 11 is 9.89. The van der Waals surface area contributed by atoms with Crippen molar-refractivity contribution in [3.05, 3.63) is 28.8 Å². The van der Waals surface area contributed by atoms with E-state index in [0.29, 0.717) is 6.04 Å². The van der Waals surface area contributed by atoms with Crippen molar-refractivity contribution in [1.29, 1.82) is 0 Å². The minimum atomic E-state index is 0.648. The number of benzene rings is 1. The highest BCUT2D eigenvalue weighted by atomic mass is 79.9. The molecule has 1 aliphatic heterocycles. The molecule has 18 heavy (non-hydrogen) atoms. The molecule has 1 fully saturated rings. The Kier molecular flexibility index (Phi) is 4.93. The molecule has 1 aromatic carbocycles. The molecule has 2 nitrogen and oxygen atoms in total. The molecule has 0 radical (unpaired) electrons. The van der Waals surface area contributed by atoms with E-state index in [4.69, 9.17) is 11.6 Å². The van der Waals surface area contributed by atoms with Crippen molar-refractivity contribution in [2.45, 2.75) is 24.2 Å². The van der Waals surface area contributed by atoms with Crippen molar-refractivity contribution >= 4 is 33.2 Å². The maximum Gasteiger partial charge on any atom is 0.0642 e. The third-order valence-electron chi connectivity index (χ3n) is 3.75. The summed E-state index contributed by atoms with van der Waals surface area (Å²) in [6, 6.07) is 6.76. The summed E-state index contributed by atoms with van der Waals surface area (Å²) in [7, 11) is 4.35. The molecule has 0 amide bonds. The highest BCUT2D eigenvalue weighted by Gasteiger charge is 2.23. The number of nitrogens with zero attached hydrogens (tertiary/aromatic N) is 2. The largest absolute Gasteiger partial charge is 0.372 e. The molecule has 1 atom stereocenters. The third-order valence-corrected chi connectivity index (χ3v) is 4.66. The molecule has 0 bridgehead atoms. The van der Waals surface area contributed by atoms with Crippen LogP contribution in [-0.4, -0.2) is 38.1 Å². The van der Waals surface area contributed by atoms with Crippen LogP contribution in [0, 0.1) is 0 Å². The standard InChI is InChI=1S/C14H20BrClN2/c1-17-8-4-6-12(17)10-18(2)14-11(9-15)5-3-7-13(14)16/h3,5,7,12H,4,6,8-10H2,1-2H3. The first kappa shape index (κ1) is 14.2. The van der Waals surface area contributed by atoms with Gasteiger partial charge in [0.1, 0.15) is 0 Å². The number of anilines is 1. The number of hydrogen-bond donors (Lipinski definition) is 0. The van der Waals surface area contributed by atoms with Gasteiger partial charge in [-0.15, -0.1) is 0 Å². The Balaban J connectivity index is 2.15. The molecule has 100 valence electrons. The van der Waals surface area contributed by atoms with Gasteiger partial charge < -0.3 is 9.80 Å². The van der Waals surface area contributed by atoms with Crippen LogP contribution in [0.1, 0.15) is 18.4 Å². The van der Waals surface area contributed by atoms with Crippen LogP contribution in [0.4, 0.5) is 5.69 Å². The van der Waals surface area contributed by atoms with Crippen LogP contribution < -0.4 is 4.90 Å². The molecule has 0 aromatic heterocycles. The fraction of sp³-hybridized carbons (Fsp3) is 0.571. The third kappa shape index (κ3) is 3.01. The minimum Gasteiger partial charge on any atom is -0.372 e. The summed E-state index contributed by atoms with van der Waals surface area (Å²) in [5.41, 5.74) is 2.42. The number of rotatable bonds is 4. The number of alkyl halides is 1. The van der Waals surface area contributed by atoms with Crippen molar-refractivity contribution in [3.63, 3.8) is 0 Å². The Morgan fingerprint density at radius 1 is 1.50 bits per heavy atom. The number of halogens is 2. The first-order chi connectivity index (χ1) is 8.63. The normalized spacial score (nSPS) is 20.3. The van der Waals surface area contributed by atoms with Gasteiger partial charge in [0.25, 0.3) is 0 Å². The van der Waals surface area contributed by atoms with E-state index in [1.807, 2.05) is 12.1 Å². The average Bonchev–Trinajstić information content (AvgIpc) is 2.74. The number of likely N-dealkylation sites (tertiary alicyclic amines) is 1. The van der Waals surface area contributed by atoms with Gasteiger partial charge >= 0.3 is 0 Å². The van der Waals surface area contributed by atoms with Crippen LogP contribution in [0.15, 0.2) is 18.2 Å². The summed E-state index contributed by atoms with van der Waals surface area (Å²) in [6.07, 6.45) is 2.60. The second-order valence-electron chi connectivity index (χ2n) is 5.04. The van der Waals surface area contributed by atoms with Gasteiger partial charge in [-0.05, 0) is 38.1 Å². The Morgan fingerprint density at radius 3 is 2.89 bits per heavy atom. The monoisotopic (exact) mass is 330 g/mol. The van der Waals surface area contributed by atoms with E-state index in [2.05, 4.69) is 45.9 Å². The van der Waals surface area contributed by atoms with E-state index >= 15 is 0 Å². The summed E-state index contributed by atoms with van der Waals surface area (Å²) in [4.78, 5) is 4.74. The number of likely N-dealkylation sites (N-methyl/N-ethyl adjacent to an activating group) is 2. The van der Waals surface area contributed by atoms with Crippen molar-refractivity contribution in [2.24, 2.45) is 0 Å². The second kappa shape index (κ2) is 6.27. The molecule has 0 spiro atoms. The molecule has 2 rings (SSSR count). The van der Waals surface area contributed by atoms with E-state index < -0.39 is 0 Å². The van der Waals surface area contributed by atoms with E-state index in [1.165, 1.54) is 24.9 Å². The zero-order valence-electron chi connectivity index (χ0n) is 11.0. The SMILES string of the molecule is CN(CC1CCCN1C)c1c(Cl)cccc1CBr. The molecule has 0 aliphatic carbocycles. The Hall–Kier alpha value is -0.250. The predicted octanol–water partition coefficient (Wildman–Crippen LogP) is 3.77. The van der Waals surface area contributed by atoms with Crippen molar-refractivity contribution in [2.75, 3.05) is 32.1 Å². The van der Waals surface area contributed by atoms with Crippen LogP contribution in [0.5, 0.6) is 0 Å². The minimum absolute atomic E-state index is 0.648. The van der Waals surface area contributed by atoms with Crippen LogP contribution in [0.2, 0.25) is 5.02 Å². The summed E-state index contributed by atoms with van der Waals surface area (Å²) in [5, 5.41) is 1.68. The first-order valence-electron chi connectivity index (χ1n) is 6.38. The fourth-order valence-electron chi connectivity index (χ4n) is 2.71. The molecular weight excluding hydrogens is 312 g/mol. The summed E-state index contributed by atoms with van der Waals surface area (Å²) in [5.74, 6) is 0. The van der Waals surface area contributed by atoms with E-state index in [-0.39, 0.29) is 0 Å². The maximum absolute atomic E-state index is 6.35. The molecule has 1 unspecified atom stereocenters. The zero-order chi connectivity index (χ0) is 13.1. The van der Waals surface area contributed by atoms with Gasteiger partial charge in [0.05, 0.1) is 10.7 Å². The maximum atomic E-state index is 6.35. The summed E-state index contributed by atoms with van der Waals surface area (Å²) < 4.78 is 0. The molecule has 0 N–H and O–H groups in total. The molecule has 4 heteroatoms. The van der Waals surface area contributed by atoms with Crippen LogP contribution in [0.25, 0.3) is 0 Å². The zero-order valence-corrected chi connectivity index (χ0v) is 13.3. The van der Waals surface area contributed by atoms with Gasteiger partial charge in [-0.1, -0.05) is 39.7 Å². The molecule has 1 aromatic rings. The topological polar surface area (TPSA) is 6.48 Å². The highest BCUT2D eigenvalue weighted by Crippen LogP contribution is 2.31. The van der Waals surface area contributed by atoms with Gasteiger partial charge in [0.2, 0.25) is 0 Å². The smallest absolute Gasteiger partial charge is 0.0642 e. The molecule has 0 saturated carbocycles. The van der Waals surface area contributed by atoms with Crippen LogP contribution >= 0.6 is 27.5 Å². The first-order valence-corrected chi connectivity index (χ1v) is 7.88. The van der Waals surface area contributed by atoms with Crippen LogP contribution in [0.3, 0.4) is 0 Å². The molecule has 1 saturated heterocycles. The van der Waals surface area contributed by atoms with Gasteiger partial charge in [0.15, 0.2) is 0 Å². The summed E-state index contributed by atoms with van der Waals surface area (Å²) in [6.45, 7) is 2.26. The number of para-hydroxylation sites is 1. The van der Waals surface area contributed by atoms with Gasteiger partial charge in [0, 0.05) is 25.0 Å². The van der Waals surface area contributed by atoms with Gasteiger partial charge in [-0.2, -0.15) is 0 Å². The second-order valence-corrected chi connectivity index (χ2v) is 6.01. The lowest BCUT2D eigenvalue weighted by Gasteiger charge is -2.29. The average molecular weight is 332 g/mol. The molecule has 1 heterocycles. The van der Waals surface area contributed by atoms with E-state index in [9.17, 15) is 0 Å².